The Kier molecular flexibility index (Phi) is 8.45. The highest BCUT2D eigenvalue weighted by atomic mass is 16.5. The summed E-state index contributed by atoms with van der Waals surface area (Å²) in [6.45, 7) is 8.95. The molecule has 0 saturated heterocycles. The number of Topliss-reactive ketones (excluding diaryl/α,β-unsaturated/α-hetero) is 1. The van der Waals surface area contributed by atoms with Crippen LogP contribution < -0.4 is 19.5 Å². The minimum atomic E-state index is -0.722. The fourth-order valence-electron chi connectivity index (χ4n) is 3.65. The number of rotatable bonds is 9. The number of carbonyl (C=O) groups is 3. The predicted molar refractivity (Wildman–Crippen MR) is 124 cm³/mol. The van der Waals surface area contributed by atoms with Crippen molar-refractivity contribution in [1.82, 2.24) is 5.32 Å². The molecule has 0 radical (unpaired) electrons. The molecule has 2 aromatic carbocycles. The van der Waals surface area contributed by atoms with E-state index in [0.717, 1.165) is 27.8 Å². The first-order valence-corrected chi connectivity index (χ1v) is 10.4. The molecule has 0 aliphatic heterocycles. The second-order valence-corrected chi connectivity index (χ2v) is 7.68. The number of carbonyl (C=O) groups excluding carboxylic acids is 3. The largest absolute Gasteiger partial charge is 0.493 e. The van der Waals surface area contributed by atoms with E-state index in [1.165, 1.54) is 33.5 Å². The lowest BCUT2D eigenvalue weighted by molar-refractivity contribution is -0.141. The van der Waals surface area contributed by atoms with Crippen LogP contribution >= 0.6 is 0 Å². The first-order valence-electron chi connectivity index (χ1n) is 10.4. The molecule has 1 amide bonds. The monoisotopic (exact) mass is 457 g/mol. The molecule has 0 saturated carbocycles. The van der Waals surface area contributed by atoms with Crippen molar-refractivity contribution >= 4 is 17.7 Å². The third-order valence-electron chi connectivity index (χ3n) is 5.96. The first kappa shape index (κ1) is 25.7. The van der Waals surface area contributed by atoms with Gasteiger partial charge in [-0.05, 0) is 74.6 Å². The molecule has 0 bridgehead atoms. The van der Waals surface area contributed by atoms with Crippen molar-refractivity contribution < 1.29 is 33.3 Å². The van der Waals surface area contributed by atoms with Crippen molar-refractivity contribution in [3.63, 3.8) is 0 Å². The van der Waals surface area contributed by atoms with Crippen molar-refractivity contribution in [3.05, 3.63) is 51.1 Å². The highest BCUT2D eigenvalue weighted by Gasteiger charge is 2.21. The van der Waals surface area contributed by atoms with E-state index in [1.54, 1.807) is 0 Å². The fraction of sp³-hybridized carbons (Fsp3) is 0.400. The molecule has 8 nitrogen and oxygen atoms in total. The Hall–Kier alpha value is -3.55. The second-order valence-electron chi connectivity index (χ2n) is 7.68. The van der Waals surface area contributed by atoms with Gasteiger partial charge < -0.3 is 24.3 Å². The van der Waals surface area contributed by atoms with E-state index in [2.05, 4.69) is 5.32 Å². The van der Waals surface area contributed by atoms with Gasteiger partial charge in [0.2, 0.25) is 11.5 Å². The lowest BCUT2D eigenvalue weighted by Crippen LogP contribution is -2.31. The van der Waals surface area contributed by atoms with E-state index in [4.69, 9.17) is 18.9 Å². The third-order valence-corrected chi connectivity index (χ3v) is 5.96. The van der Waals surface area contributed by atoms with Gasteiger partial charge in [0.15, 0.2) is 18.1 Å². The van der Waals surface area contributed by atoms with Gasteiger partial charge in [-0.3, -0.25) is 14.4 Å². The fourth-order valence-corrected chi connectivity index (χ4v) is 3.65. The van der Waals surface area contributed by atoms with Gasteiger partial charge in [0.05, 0.1) is 21.3 Å². The average Bonchev–Trinajstić information content (AvgIpc) is 2.82. The zero-order valence-electron chi connectivity index (χ0n) is 20.4. The van der Waals surface area contributed by atoms with Crippen molar-refractivity contribution in [3.8, 4) is 17.2 Å². The van der Waals surface area contributed by atoms with Crippen LogP contribution in [-0.4, -0.2) is 52.1 Å². The molecule has 2 aromatic rings. The summed E-state index contributed by atoms with van der Waals surface area (Å²) in [5, 5.41) is 2.47. The number of methoxy groups -OCH3 is 3. The summed E-state index contributed by atoms with van der Waals surface area (Å²) >= 11 is 0. The molecule has 0 heterocycles. The Morgan fingerprint density at radius 1 is 0.758 bits per heavy atom. The van der Waals surface area contributed by atoms with Crippen LogP contribution in [0.2, 0.25) is 0 Å². The Morgan fingerprint density at radius 2 is 1.24 bits per heavy atom. The zero-order chi connectivity index (χ0) is 24.9. The Balaban J connectivity index is 2.03. The number of ether oxygens (including phenoxy) is 4. The second kappa shape index (κ2) is 10.8. The summed E-state index contributed by atoms with van der Waals surface area (Å²) < 4.78 is 20.8. The smallest absolute Gasteiger partial charge is 0.325 e. The number of ketones is 1. The molecule has 0 spiro atoms. The van der Waals surface area contributed by atoms with Gasteiger partial charge in [-0.15, -0.1) is 0 Å². The van der Waals surface area contributed by atoms with E-state index >= 15 is 0 Å². The number of hydrogen-bond donors (Lipinski definition) is 1. The molecule has 1 N–H and O–H groups in total. The Labute approximate surface area is 194 Å². The number of amides is 1. The Morgan fingerprint density at radius 3 is 1.70 bits per heavy atom. The summed E-state index contributed by atoms with van der Waals surface area (Å²) in [5.74, 6) is -0.564. The summed E-state index contributed by atoms with van der Waals surface area (Å²) in [6, 6.07) is 2.94. The summed E-state index contributed by atoms with van der Waals surface area (Å²) in [4.78, 5) is 37.4. The highest BCUT2D eigenvalue weighted by molar-refractivity contribution is 6.01. The van der Waals surface area contributed by atoms with Crippen molar-refractivity contribution in [2.75, 3.05) is 34.5 Å². The summed E-state index contributed by atoms with van der Waals surface area (Å²) in [5.41, 5.74) is 5.79. The van der Waals surface area contributed by atoms with Gasteiger partial charge >= 0.3 is 5.97 Å². The minimum Gasteiger partial charge on any atom is -0.493 e. The highest BCUT2D eigenvalue weighted by Crippen LogP contribution is 2.38. The molecule has 0 aromatic heterocycles. The van der Waals surface area contributed by atoms with Crippen LogP contribution in [0.4, 0.5) is 0 Å². The van der Waals surface area contributed by atoms with E-state index in [1.807, 2.05) is 34.6 Å². The third kappa shape index (κ3) is 5.45. The maximum atomic E-state index is 12.8. The van der Waals surface area contributed by atoms with E-state index in [-0.39, 0.29) is 11.3 Å². The minimum absolute atomic E-state index is 0.213. The quantitative estimate of drug-likeness (QED) is 0.455. The van der Waals surface area contributed by atoms with Gasteiger partial charge in [0.1, 0.15) is 6.54 Å². The van der Waals surface area contributed by atoms with Crippen LogP contribution in [0.15, 0.2) is 12.1 Å². The SMILES string of the molecule is COc1cc(C(=O)NCC(=O)OCC(=O)c2c(C)c(C)c(C)c(C)c2C)cc(OC)c1OC. The van der Waals surface area contributed by atoms with Gasteiger partial charge in [-0.25, -0.2) is 0 Å². The lowest BCUT2D eigenvalue weighted by atomic mass is 9.88. The van der Waals surface area contributed by atoms with Gasteiger partial charge in [-0.2, -0.15) is 0 Å². The van der Waals surface area contributed by atoms with Crippen molar-refractivity contribution in [1.29, 1.82) is 0 Å². The number of esters is 1. The van der Waals surface area contributed by atoms with Gasteiger partial charge in [-0.1, -0.05) is 0 Å². The van der Waals surface area contributed by atoms with Crippen LogP contribution in [0.3, 0.4) is 0 Å². The molecule has 0 atom stereocenters. The van der Waals surface area contributed by atoms with Crippen molar-refractivity contribution in [2.45, 2.75) is 34.6 Å². The topological polar surface area (TPSA) is 100 Å². The first-order chi connectivity index (χ1) is 15.6. The van der Waals surface area contributed by atoms with E-state index in [0.29, 0.717) is 22.8 Å². The molecule has 0 aliphatic rings. The Bertz CT molecular complexity index is 1030. The van der Waals surface area contributed by atoms with Crippen LogP contribution in [0, 0.1) is 34.6 Å². The van der Waals surface area contributed by atoms with Gasteiger partial charge in [0, 0.05) is 11.1 Å². The van der Waals surface area contributed by atoms with E-state index in [9.17, 15) is 14.4 Å². The average molecular weight is 458 g/mol. The molecular weight excluding hydrogens is 426 g/mol. The van der Waals surface area contributed by atoms with E-state index < -0.39 is 25.0 Å². The molecule has 178 valence electrons. The lowest BCUT2D eigenvalue weighted by Gasteiger charge is -2.17. The zero-order valence-corrected chi connectivity index (χ0v) is 20.4. The molecule has 0 fully saturated rings. The van der Waals surface area contributed by atoms with Crippen molar-refractivity contribution in [2.24, 2.45) is 0 Å². The molecule has 8 heteroatoms. The maximum Gasteiger partial charge on any atom is 0.325 e. The van der Waals surface area contributed by atoms with Crippen LogP contribution in [-0.2, 0) is 9.53 Å². The molecule has 33 heavy (non-hydrogen) atoms. The predicted octanol–water partition coefficient (Wildman–Crippen LogP) is 3.41. The number of benzene rings is 2. The standard InChI is InChI=1S/C25H31NO7/c1-13-14(2)16(4)23(17(5)15(13)3)19(27)12-33-22(28)11-26-25(29)18-9-20(30-6)24(32-8)21(10-18)31-7/h9-10H,11-12H2,1-8H3,(H,26,29). The molecule has 2 rings (SSSR count). The van der Waals surface area contributed by atoms with Crippen LogP contribution in [0.1, 0.15) is 48.5 Å². The summed E-state index contributed by atoms with van der Waals surface area (Å²) in [6.07, 6.45) is 0. The number of hydrogen-bond acceptors (Lipinski definition) is 7. The molecule has 0 aliphatic carbocycles. The molecule has 0 unspecified atom stereocenters. The van der Waals surface area contributed by atoms with Gasteiger partial charge in [0.25, 0.3) is 5.91 Å². The van der Waals surface area contributed by atoms with Crippen LogP contribution in [0.5, 0.6) is 17.2 Å². The maximum absolute atomic E-state index is 12.8. The normalized spacial score (nSPS) is 10.4. The summed E-state index contributed by atoms with van der Waals surface area (Å²) in [7, 11) is 4.33. The van der Waals surface area contributed by atoms with Crippen LogP contribution in [0.25, 0.3) is 0 Å². The number of nitrogens with one attached hydrogen (secondary N) is 1. The molecular formula is C25H31NO7.